The van der Waals surface area contributed by atoms with E-state index < -0.39 is 13.3 Å². The maximum absolute atomic E-state index is 3.92. The molecule has 0 aliphatic rings. The van der Waals surface area contributed by atoms with Gasteiger partial charge >= 0.3 is 106 Å². The van der Waals surface area contributed by atoms with Gasteiger partial charge in [-0.1, -0.05) is 96.8 Å². The van der Waals surface area contributed by atoms with E-state index in [-0.39, 0.29) is 0 Å². The molecule has 0 heterocycles. The van der Waals surface area contributed by atoms with Crippen molar-refractivity contribution < 1.29 is 0 Å². The summed E-state index contributed by atoms with van der Waals surface area (Å²) in [7, 11) is 0. The summed E-state index contributed by atoms with van der Waals surface area (Å²) in [4.78, 5) is 0. The molecular formula is C30H63Ge. The molecule has 0 aromatic rings. The van der Waals surface area contributed by atoms with Crippen molar-refractivity contribution in [2.45, 2.75) is 183 Å². The van der Waals surface area contributed by atoms with Crippen molar-refractivity contribution in [2.75, 3.05) is 0 Å². The molecule has 0 unspecified atom stereocenters. The molecule has 0 saturated heterocycles. The van der Waals surface area contributed by atoms with Crippen molar-refractivity contribution in [1.82, 2.24) is 0 Å². The Labute approximate surface area is 202 Å². The average Bonchev–Trinajstić information content (AvgIpc) is 2.73. The molecule has 1 heteroatoms. The third-order valence-electron chi connectivity index (χ3n) is 6.93. The molecule has 0 nitrogen and oxygen atoms in total. The Kier molecular flexibility index (Phi) is 25.6. The molecule has 1 radical (unpaired) electrons. The molecule has 0 fully saturated rings. The Bertz CT molecular complexity index is 317. The van der Waals surface area contributed by atoms with Gasteiger partial charge in [0.1, 0.15) is 0 Å². The maximum atomic E-state index is 3.92. The molecular weight excluding hydrogens is 433 g/mol. The van der Waals surface area contributed by atoms with Gasteiger partial charge in [0.25, 0.3) is 0 Å². The topological polar surface area (TPSA) is 0 Å². The van der Waals surface area contributed by atoms with Crippen LogP contribution in [0.2, 0.25) is 22.5 Å². The summed E-state index contributed by atoms with van der Waals surface area (Å²) in [6, 6.07) is 0. The molecule has 0 bridgehead atoms. The van der Waals surface area contributed by atoms with E-state index in [0.717, 1.165) is 6.42 Å². The van der Waals surface area contributed by atoms with Crippen LogP contribution < -0.4 is 0 Å². The molecule has 0 atom stereocenters. The fraction of sp³-hybridized carbons (Fsp3) is 0.967. The summed E-state index contributed by atoms with van der Waals surface area (Å²) in [5, 5.41) is 1.58. The minimum absolute atomic E-state index is 1.12. The average molecular weight is 496 g/mol. The Morgan fingerprint density at radius 1 is 0.323 bits per heavy atom. The molecule has 0 spiro atoms. The first-order valence-corrected chi connectivity index (χ1v) is 22.6. The summed E-state index contributed by atoms with van der Waals surface area (Å²) in [6.07, 6.45) is 36.6. The molecule has 0 aliphatic heterocycles. The Hall–Kier alpha value is 0.543. The fourth-order valence-corrected chi connectivity index (χ4v) is 7.47. The van der Waals surface area contributed by atoms with Gasteiger partial charge in [0.15, 0.2) is 0 Å². The first kappa shape index (κ1) is 31.5. The van der Waals surface area contributed by atoms with E-state index in [9.17, 15) is 0 Å². The summed E-state index contributed by atoms with van der Waals surface area (Å²) in [5.41, 5.74) is 0. The molecule has 0 rings (SSSR count). The summed E-state index contributed by atoms with van der Waals surface area (Å²) >= 11 is -1.24. The van der Waals surface area contributed by atoms with Crippen LogP contribution in [0.15, 0.2) is 0 Å². The molecule has 0 N–H and O–H groups in total. The van der Waals surface area contributed by atoms with Crippen molar-refractivity contribution in [2.24, 2.45) is 0 Å². The zero-order chi connectivity index (χ0) is 22.9. The van der Waals surface area contributed by atoms with Crippen LogP contribution in [0.4, 0.5) is 0 Å². The van der Waals surface area contributed by atoms with Crippen LogP contribution in [-0.4, -0.2) is 13.3 Å². The molecule has 0 saturated carbocycles. The van der Waals surface area contributed by atoms with Gasteiger partial charge in [-0.25, -0.2) is 0 Å². The van der Waals surface area contributed by atoms with Crippen molar-refractivity contribution >= 4 is 13.3 Å². The second-order valence-corrected chi connectivity index (χ2v) is 23.4. The minimum atomic E-state index is -1.24. The summed E-state index contributed by atoms with van der Waals surface area (Å²) < 4.78 is 0. The number of unbranched alkanes of at least 4 members (excludes halogenated alkanes) is 24. The van der Waals surface area contributed by atoms with E-state index in [4.69, 9.17) is 0 Å². The number of rotatable bonds is 26. The molecule has 0 aromatic heterocycles. The van der Waals surface area contributed by atoms with Crippen LogP contribution in [0.5, 0.6) is 0 Å². The SMILES string of the molecule is [CH2]CCCCCCCCCCCCCCCCCCCCCCCCC[CH2][Ge]([CH3])([CH3])[CH3]. The monoisotopic (exact) mass is 497 g/mol. The van der Waals surface area contributed by atoms with Gasteiger partial charge in [-0.3, -0.25) is 0 Å². The first-order chi connectivity index (χ1) is 15.1. The zero-order valence-electron chi connectivity index (χ0n) is 22.6. The molecule has 0 aliphatic carbocycles. The Morgan fingerprint density at radius 2 is 0.516 bits per heavy atom. The molecule has 0 aromatic carbocycles. The van der Waals surface area contributed by atoms with E-state index >= 15 is 0 Å². The van der Waals surface area contributed by atoms with Gasteiger partial charge in [-0.05, 0) is 0 Å². The van der Waals surface area contributed by atoms with Gasteiger partial charge in [-0.2, -0.15) is 0 Å². The van der Waals surface area contributed by atoms with Crippen molar-refractivity contribution in [1.29, 1.82) is 0 Å². The van der Waals surface area contributed by atoms with Crippen molar-refractivity contribution in [3.05, 3.63) is 6.92 Å². The van der Waals surface area contributed by atoms with Crippen molar-refractivity contribution in [3.8, 4) is 0 Å². The molecule has 0 amide bonds. The summed E-state index contributed by atoms with van der Waals surface area (Å²) in [6.45, 7) is 3.92. The predicted molar refractivity (Wildman–Crippen MR) is 149 cm³/mol. The van der Waals surface area contributed by atoms with E-state index in [1.807, 2.05) is 0 Å². The van der Waals surface area contributed by atoms with Gasteiger partial charge in [0.05, 0.1) is 0 Å². The normalized spacial score (nSPS) is 12.0. The van der Waals surface area contributed by atoms with Crippen LogP contribution in [0.25, 0.3) is 0 Å². The van der Waals surface area contributed by atoms with E-state index in [0.29, 0.717) is 0 Å². The molecule has 31 heavy (non-hydrogen) atoms. The second kappa shape index (κ2) is 25.2. The van der Waals surface area contributed by atoms with Crippen LogP contribution in [-0.2, 0) is 0 Å². The van der Waals surface area contributed by atoms with Crippen LogP contribution >= 0.6 is 0 Å². The van der Waals surface area contributed by atoms with E-state index in [1.165, 1.54) is 154 Å². The predicted octanol–water partition coefficient (Wildman–Crippen LogP) is 11.9. The zero-order valence-corrected chi connectivity index (χ0v) is 24.7. The van der Waals surface area contributed by atoms with Crippen molar-refractivity contribution in [3.63, 3.8) is 0 Å². The van der Waals surface area contributed by atoms with Crippen LogP contribution in [0, 0.1) is 6.92 Å². The number of hydrogen-bond acceptors (Lipinski definition) is 0. The first-order valence-electron chi connectivity index (χ1n) is 14.9. The Balaban J connectivity index is 3.02. The van der Waals surface area contributed by atoms with E-state index in [1.54, 1.807) is 5.25 Å². The van der Waals surface area contributed by atoms with E-state index in [2.05, 4.69) is 24.2 Å². The fourth-order valence-electron chi connectivity index (χ4n) is 4.72. The third-order valence-corrected chi connectivity index (χ3v) is 10.8. The molecule has 187 valence electrons. The van der Waals surface area contributed by atoms with Crippen LogP contribution in [0.3, 0.4) is 0 Å². The summed E-state index contributed by atoms with van der Waals surface area (Å²) in [5.74, 6) is 7.66. The third kappa shape index (κ3) is 30.5. The quantitative estimate of drug-likeness (QED) is 0.0825. The Morgan fingerprint density at radius 3 is 0.710 bits per heavy atom. The standard InChI is InChI=1S/C30H63Ge/c1-5-6-7-8-9-10-11-12-13-14-15-16-17-18-19-20-21-22-23-24-25-26-27-28-29-30-31(2,3)4/h1,5-30H2,2-4H3. The van der Waals surface area contributed by atoms with Gasteiger partial charge < -0.3 is 0 Å². The second-order valence-electron chi connectivity index (χ2n) is 11.6. The number of hydrogen-bond donors (Lipinski definition) is 0. The van der Waals surface area contributed by atoms with Gasteiger partial charge in [0.2, 0.25) is 0 Å². The van der Waals surface area contributed by atoms with Gasteiger partial charge in [-0.15, -0.1) is 0 Å². The van der Waals surface area contributed by atoms with Crippen LogP contribution in [0.1, 0.15) is 161 Å². The van der Waals surface area contributed by atoms with Gasteiger partial charge in [0, 0.05) is 0 Å².